The van der Waals surface area contributed by atoms with Crippen LogP contribution in [0.2, 0.25) is 0 Å². The Morgan fingerprint density at radius 2 is 2.25 bits per heavy atom. The molecule has 0 bridgehead atoms. The molecule has 1 N–H and O–H groups in total. The molecule has 1 saturated heterocycles. The highest BCUT2D eigenvalue weighted by molar-refractivity contribution is 5.86. The van der Waals surface area contributed by atoms with E-state index in [9.17, 15) is 4.79 Å². The molecule has 1 aromatic rings. The van der Waals surface area contributed by atoms with E-state index in [0.717, 1.165) is 19.5 Å². The first kappa shape index (κ1) is 14.9. The zero-order valence-corrected chi connectivity index (χ0v) is 11.6. The lowest BCUT2D eigenvalue weighted by atomic mass is 10.2. The van der Waals surface area contributed by atoms with Crippen molar-refractivity contribution < 1.29 is 19.0 Å². The SMILES string of the molecule is COCCCOCCOC(=O)c1cn(C2CNC2)nn1. The Morgan fingerprint density at radius 1 is 1.40 bits per heavy atom. The van der Waals surface area contributed by atoms with Crippen molar-refractivity contribution in [2.75, 3.05) is 46.6 Å². The van der Waals surface area contributed by atoms with Crippen LogP contribution in [0.5, 0.6) is 0 Å². The summed E-state index contributed by atoms with van der Waals surface area (Å²) in [5.41, 5.74) is 0.233. The smallest absolute Gasteiger partial charge is 0.360 e. The van der Waals surface area contributed by atoms with Gasteiger partial charge in [0, 0.05) is 33.4 Å². The quantitative estimate of drug-likeness (QED) is 0.489. The van der Waals surface area contributed by atoms with Gasteiger partial charge in [0.1, 0.15) is 6.61 Å². The Balaban J connectivity index is 1.60. The second-order valence-corrected chi connectivity index (χ2v) is 4.49. The van der Waals surface area contributed by atoms with E-state index >= 15 is 0 Å². The highest BCUT2D eigenvalue weighted by atomic mass is 16.6. The van der Waals surface area contributed by atoms with E-state index in [2.05, 4.69) is 15.6 Å². The van der Waals surface area contributed by atoms with Crippen molar-refractivity contribution in [2.45, 2.75) is 12.5 Å². The fourth-order valence-electron chi connectivity index (χ4n) is 1.68. The number of rotatable bonds is 9. The minimum atomic E-state index is -0.468. The lowest BCUT2D eigenvalue weighted by molar-refractivity contribution is 0.0282. The molecule has 20 heavy (non-hydrogen) atoms. The molecule has 0 radical (unpaired) electrons. The summed E-state index contributed by atoms with van der Waals surface area (Å²) in [6, 6.07) is 0.285. The molecule has 1 aliphatic heterocycles. The average molecular weight is 284 g/mol. The number of nitrogens with one attached hydrogen (secondary N) is 1. The number of hydrogen-bond acceptors (Lipinski definition) is 7. The van der Waals surface area contributed by atoms with Crippen LogP contribution in [0.1, 0.15) is 23.0 Å². The van der Waals surface area contributed by atoms with Crippen molar-refractivity contribution in [1.82, 2.24) is 20.3 Å². The normalized spacial score (nSPS) is 15.1. The van der Waals surface area contributed by atoms with Crippen LogP contribution in [0.25, 0.3) is 0 Å². The van der Waals surface area contributed by atoms with Gasteiger partial charge in [-0.2, -0.15) is 0 Å². The predicted octanol–water partition coefficient (Wildman–Crippen LogP) is -0.368. The summed E-state index contributed by atoms with van der Waals surface area (Å²) in [5, 5.41) is 10.9. The molecule has 0 aromatic carbocycles. The van der Waals surface area contributed by atoms with Crippen molar-refractivity contribution in [1.29, 1.82) is 0 Å². The number of nitrogens with zero attached hydrogens (tertiary/aromatic N) is 3. The van der Waals surface area contributed by atoms with Gasteiger partial charge >= 0.3 is 5.97 Å². The first-order valence-corrected chi connectivity index (χ1v) is 6.67. The number of carbonyl (C=O) groups is 1. The lowest BCUT2D eigenvalue weighted by Gasteiger charge is -2.26. The maximum atomic E-state index is 11.7. The molecule has 1 aliphatic rings. The first-order valence-electron chi connectivity index (χ1n) is 6.67. The van der Waals surface area contributed by atoms with Crippen LogP contribution in [0.3, 0.4) is 0 Å². The van der Waals surface area contributed by atoms with Gasteiger partial charge in [0.05, 0.1) is 18.8 Å². The number of hydrogen-bond donors (Lipinski definition) is 1. The Kier molecular flexibility index (Phi) is 5.90. The van der Waals surface area contributed by atoms with Crippen LogP contribution in [-0.4, -0.2) is 67.6 Å². The number of aromatic nitrogens is 3. The zero-order chi connectivity index (χ0) is 14.2. The molecule has 0 aliphatic carbocycles. The summed E-state index contributed by atoms with van der Waals surface area (Å²) >= 11 is 0. The van der Waals surface area contributed by atoms with E-state index in [1.807, 2.05) is 0 Å². The Hall–Kier alpha value is -1.51. The van der Waals surface area contributed by atoms with Gasteiger partial charge in [0.25, 0.3) is 0 Å². The third-order valence-electron chi connectivity index (χ3n) is 2.95. The fraction of sp³-hybridized carbons (Fsp3) is 0.750. The zero-order valence-electron chi connectivity index (χ0n) is 11.6. The highest BCUT2D eigenvalue weighted by Crippen LogP contribution is 2.10. The molecule has 1 aromatic heterocycles. The van der Waals surface area contributed by atoms with Crippen LogP contribution in [0, 0.1) is 0 Å². The minimum absolute atomic E-state index is 0.212. The topological polar surface area (TPSA) is 87.5 Å². The molecule has 8 nitrogen and oxygen atoms in total. The van der Waals surface area contributed by atoms with Crippen LogP contribution in [0.15, 0.2) is 6.20 Å². The minimum Gasteiger partial charge on any atom is -0.458 e. The summed E-state index contributed by atoms with van der Waals surface area (Å²) in [5.74, 6) is -0.468. The molecule has 2 heterocycles. The molecule has 0 spiro atoms. The molecule has 0 amide bonds. The lowest BCUT2D eigenvalue weighted by Crippen LogP contribution is -2.43. The monoisotopic (exact) mass is 284 g/mol. The van der Waals surface area contributed by atoms with Crippen molar-refractivity contribution in [3.05, 3.63) is 11.9 Å². The van der Waals surface area contributed by atoms with E-state index < -0.39 is 5.97 Å². The van der Waals surface area contributed by atoms with Gasteiger partial charge in [0.2, 0.25) is 0 Å². The van der Waals surface area contributed by atoms with Gasteiger partial charge in [-0.15, -0.1) is 5.10 Å². The second-order valence-electron chi connectivity index (χ2n) is 4.49. The molecule has 1 fully saturated rings. The fourth-order valence-corrected chi connectivity index (χ4v) is 1.68. The molecule has 0 atom stereocenters. The van der Waals surface area contributed by atoms with Crippen molar-refractivity contribution in [2.24, 2.45) is 0 Å². The van der Waals surface area contributed by atoms with E-state index in [4.69, 9.17) is 14.2 Å². The second kappa shape index (κ2) is 7.93. The Bertz CT molecular complexity index is 419. The summed E-state index contributed by atoms with van der Waals surface area (Å²) in [6.07, 6.45) is 2.45. The average Bonchev–Trinajstić information content (AvgIpc) is 2.85. The molecular formula is C12H20N4O4. The third-order valence-corrected chi connectivity index (χ3v) is 2.95. The van der Waals surface area contributed by atoms with Gasteiger partial charge in [-0.25, -0.2) is 9.48 Å². The van der Waals surface area contributed by atoms with Crippen LogP contribution in [-0.2, 0) is 14.2 Å². The third kappa shape index (κ3) is 4.26. The molecule has 112 valence electrons. The number of carbonyl (C=O) groups excluding carboxylic acids is 1. The number of methoxy groups -OCH3 is 1. The van der Waals surface area contributed by atoms with Crippen LogP contribution in [0.4, 0.5) is 0 Å². The summed E-state index contributed by atoms with van der Waals surface area (Å²) in [4.78, 5) is 11.7. The van der Waals surface area contributed by atoms with Gasteiger partial charge in [-0.3, -0.25) is 0 Å². The summed E-state index contributed by atoms with van der Waals surface area (Å²) < 4.78 is 16.9. The Morgan fingerprint density at radius 3 is 2.95 bits per heavy atom. The van der Waals surface area contributed by atoms with Crippen molar-refractivity contribution >= 4 is 5.97 Å². The van der Waals surface area contributed by atoms with Crippen LogP contribution < -0.4 is 5.32 Å². The summed E-state index contributed by atoms with van der Waals surface area (Å²) in [7, 11) is 1.65. The predicted molar refractivity (Wildman–Crippen MR) is 69.5 cm³/mol. The van der Waals surface area contributed by atoms with Gasteiger partial charge in [-0.1, -0.05) is 5.21 Å². The maximum absolute atomic E-state index is 11.7. The maximum Gasteiger partial charge on any atom is 0.360 e. The summed E-state index contributed by atoms with van der Waals surface area (Å²) in [6.45, 7) is 3.55. The van der Waals surface area contributed by atoms with Crippen LogP contribution >= 0.6 is 0 Å². The largest absolute Gasteiger partial charge is 0.458 e. The van der Waals surface area contributed by atoms with Gasteiger partial charge in [0.15, 0.2) is 5.69 Å². The molecular weight excluding hydrogens is 264 g/mol. The standard InChI is InChI=1S/C12H20N4O4/c1-18-3-2-4-19-5-6-20-12(17)11-9-16(15-14-11)10-7-13-8-10/h9-10,13H,2-8H2,1H3. The van der Waals surface area contributed by atoms with E-state index in [-0.39, 0.29) is 18.3 Å². The van der Waals surface area contributed by atoms with Gasteiger partial charge < -0.3 is 19.5 Å². The molecule has 2 rings (SSSR count). The molecule has 0 unspecified atom stereocenters. The van der Waals surface area contributed by atoms with Crippen molar-refractivity contribution in [3.8, 4) is 0 Å². The van der Waals surface area contributed by atoms with E-state index in [0.29, 0.717) is 19.8 Å². The van der Waals surface area contributed by atoms with Gasteiger partial charge in [-0.05, 0) is 6.42 Å². The number of ether oxygens (including phenoxy) is 3. The van der Waals surface area contributed by atoms with Crippen molar-refractivity contribution in [3.63, 3.8) is 0 Å². The van der Waals surface area contributed by atoms with E-state index in [1.54, 1.807) is 18.0 Å². The number of esters is 1. The van der Waals surface area contributed by atoms with E-state index in [1.165, 1.54) is 0 Å². The highest BCUT2D eigenvalue weighted by Gasteiger charge is 2.22. The molecule has 8 heteroatoms. The Labute approximate surface area is 117 Å². The molecule has 0 saturated carbocycles. The first-order chi connectivity index (χ1) is 9.81.